The van der Waals surface area contributed by atoms with Crippen LogP contribution in [0.2, 0.25) is 0 Å². The molecule has 0 spiro atoms. The third kappa shape index (κ3) is 2.57. The van der Waals surface area contributed by atoms with Gasteiger partial charge in [-0.05, 0) is 42.4 Å². The fourth-order valence-electron chi connectivity index (χ4n) is 2.67. The Balaban J connectivity index is 2.14. The van der Waals surface area contributed by atoms with Crippen molar-refractivity contribution in [1.82, 2.24) is 4.98 Å². The second-order valence-electron chi connectivity index (χ2n) is 5.03. The molecule has 2 rings (SSSR count). The van der Waals surface area contributed by atoms with Crippen molar-refractivity contribution in [1.29, 1.82) is 0 Å². The van der Waals surface area contributed by atoms with E-state index in [0.717, 1.165) is 24.5 Å². The minimum absolute atomic E-state index is 0.499. The molecule has 1 aliphatic heterocycles. The number of alkyl halides is 1. The van der Waals surface area contributed by atoms with Gasteiger partial charge in [-0.1, -0.05) is 13.8 Å². The van der Waals surface area contributed by atoms with E-state index >= 15 is 0 Å². The van der Waals surface area contributed by atoms with Crippen LogP contribution in [-0.2, 0) is 5.88 Å². The van der Waals surface area contributed by atoms with Crippen molar-refractivity contribution < 1.29 is 0 Å². The van der Waals surface area contributed by atoms with E-state index in [4.69, 9.17) is 11.6 Å². The Morgan fingerprint density at radius 1 is 1.41 bits per heavy atom. The summed E-state index contributed by atoms with van der Waals surface area (Å²) >= 11 is 5.87. The van der Waals surface area contributed by atoms with Crippen molar-refractivity contribution in [3.63, 3.8) is 0 Å². The molecule has 0 aliphatic carbocycles. The molecule has 1 aromatic rings. The van der Waals surface area contributed by atoms with E-state index in [-0.39, 0.29) is 0 Å². The Labute approximate surface area is 109 Å². The lowest BCUT2D eigenvalue weighted by Crippen LogP contribution is -2.26. The van der Waals surface area contributed by atoms with Crippen molar-refractivity contribution in [2.75, 3.05) is 18.0 Å². The highest BCUT2D eigenvalue weighted by atomic mass is 35.5. The summed E-state index contributed by atoms with van der Waals surface area (Å²) in [5.74, 6) is 1.66. The van der Waals surface area contributed by atoms with E-state index in [1.54, 1.807) is 0 Å². The van der Waals surface area contributed by atoms with Gasteiger partial charge < -0.3 is 4.90 Å². The van der Waals surface area contributed by atoms with Gasteiger partial charge in [0.25, 0.3) is 0 Å². The lowest BCUT2D eigenvalue weighted by Gasteiger charge is -2.26. The molecule has 94 valence electrons. The maximum atomic E-state index is 5.87. The van der Waals surface area contributed by atoms with E-state index < -0.39 is 0 Å². The van der Waals surface area contributed by atoms with Crippen LogP contribution in [0.4, 0.5) is 5.82 Å². The van der Waals surface area contributed by atoms with Crippen molar-refractivity contribution in [2.24, 2.45) is 5.41 Å². The maximum absolute atomic E-state index is 5.87. The Morgan fingerprint density at radius 2 is 2.18 bits per heavy atom. The van der Waals surface area contributed by atoms with Gasteiger partial charge in [-0.3, -0.25) is 0 Å². The molecule has 1 fully saturated rings. The molecular weight excluding hydrogens is 232 g/mol. The minimum atomic E-state index is 0.499. The fraction of sp³-hybridized carbons (Fsp3) is 0.643. The molecule has 0 atom stereocenters. The fourth-order valence-corrected chi connectivity index (χ4v) is 2.84. The maximum Gasteiger partial charge on any atom is 0.128 e. The largest absolute Gasteiger partial charge is 0.356 e. The average molecular weight is 253 g/mol. The van der Waals surface area contributed by atoms with E-state index in [0.29, 0.717) is 11.3 Å². The number of hydrogen-bond acceptors (Lipinski definition) is 2. The molecule has 17 heavy (non-hydrogen) atoms. The molecule has 1 aromatic heterocycles. The molecule has 1 aliphatic rings. The topological polar surface area (TPSA) is 16.1 Å². The van der Waals surface area contributed by atoms with Gasteiger partial charge in [-0.2, -0.15) is 0 Å². The minimum Gasteiger partial charge on any atom is -0.356 e. The predicted octanol–water partition coefficient (Wildman–Crippen LogP) is 3.84. The van der Waals surface area contributed by atoms with Gasteiger partial charge in [0.15, 0.2) is 0 Å². The van der Waals surface area contributed by atoms with Crippen LogP contribution in [-0.4, -0.2) is 18.1 Å². The van der Waals surface area contributed by atoms with Crippen LogP contribution in [0.1, 0.15) is 38.7 Å². The highest BCUT2D eigenvalue weighted by molar-refractivity contribution is 6.17. The zero-order valence-electron chi connectivity index (χ0n) is 10.7. The van der Waals surface area contributed by atoms with E-state index in [1.165, 1.54) is 19.3 Å². The van der Waals surface area contributed by atoms with Crippen LogP contribution >= 0.6 is 11.6 Å². The number of hydrogen-bond donors (Lipinski definition) is 0. The zero-order valence-corrected chi connectivity index (χ0v) is 11.5. The van der Waals surface area contributed by atoms with Crippen LogP contribution in [0.5, 0.6) is 0 Å². The summed E-state index contributed by atoms with van der Waals surface area (Å²) in [6.45, 7) is 6.87. The highest BCUT2D eigenvalue weighted by Gasteiger charge is 2.35. The number of pyridine rings is 1. The van der Waals surface area contributed by atoms with Crippen molar-refractivity contribution in [2.45, 2.75) is 39.0 Å². The van der Waals surface area contributed by atoms with Crippen LogP contribution in [0, 0.1) is 5.41 Å². The van der Waals surface area contributed by atoms with Gasteiger partial charge in [0.05, 0.1) is 0 Å². The Hall–Kier alpha value is -0.760. The number of aromatic nitrogens is 1. The molecule has 0 radical (unpaired) electrons. The van der Waals surface area contributed by atoms with Crippen LogP contribution in [0.25, 0.3) is 0 Å². The lowest BCUT2D eigenvalue weighted by atomic mass is 9.82. The third-order valence-electron chi connectivity index (χ3n) is 4.23. The van der Waals surface area contributed by atoms with E-state index in [9.17, 15) is 0 Å². The second-order valence-corrected chi connectivity index (χ2v) is 5.30. The lowest BCUT2D eigenvalue weighted by molar-refractivity contribution is 0.301. The molecule has 0 unspecified atom stereocenters. The van der Waals surface area contributed by atoms with Gasteiger partial charge in [0, 0.05) is 25.2 Å². The molecule has 0 aromatic carbocycles. The van der Waals surface area contributed by atoms with Crippen LogP contribution in [0.15, 0.2) is 18.3 Å². The van der Waals surface area contributed by atoms with Crippen LogP contribution in [0.3, 0.4) is 0 Å². The first kappa shape index (κ1) is 12.7. The summed E-state index contributed by atoms with van der Waals surface area (Å²) in [4.78, 5) is 6.88. The molecule has 2 nitrogen and oxygen atoms in total. The zero-order chi connectivity index (χ0) is 12.3. The molecule has 1 saturated heterocycles. The van der Waals surface area contributed by atoms with E-state index in [1.807, 2.05) is 12.3 Å². The van der Waals surface area contributed by atoms with Gasteiger partial charge in [-0.15, -0.1) is 11.6 Å². The Kier molecular flexibility index (Phi) is 3.93. The smallest absolute Gasteiger partial charge is 0.128 e. The van der Waals surface area contributed by atoms with Crippen molar-refractivity contribution >= 4 is 17.4 Å². The Bertz CT molecular complexity index is 374. The normalized spacial score (nSPS) is 18.6. The average Bonchev–Trinajstić information content (AvgIpc) is 2.84. The second kappa shape index (κ2) is 5.26. The van der Waals surface area contributed by atoms with E-state index in [2.05, 4.69) is 29.8 Å². The van der Waals surface area contributed by atoms with Gasteiger partial charge in [-0.25, -0.2) is 4.98 Å². The Morgan fingerprint density at radius 3 is 2.76 bits per heavy atom. The van der Waals surface area contributed by atoms with Gasteiger partial charge >= 0.3 is 0 Å². The summed E-state index contributed by atoms with van der Waals surface area (Å²) in [6, 6.07) is 4.11. The summed E-state index contributed by atoms with van der Waals surface area (Å²) in [5, 5.41) is 0. The van der Waals surface area contributed by atoms with Crippen molar-refractivity contribution in [3.8, 4) is 0 Å². The third-order valence-corrected chi connectivity index (χ3v) is 4.54. The SMILES string of the molecule is CCC1(CC)CCN(c2cc(CCl)ccn2)C1. The number of nitrogens with zero attached hydrogens (tertiary/aromatic N) is 2. The molecular formula is C14H21ClN2. The predicted molar refractivity (Wildman–Crippen MR) is 73.6 cm³/mol. The number of halogens is 1. The molecule has 0 saturated carbocycles. The first-order valence-corrected chi connectivity index (χ1v) is 7.02. The molecule has 0 N–H and O–H groups in total. The quantitative estimate of drug-likeness (QED) is 0.757. The molecule has 3 heteroatoms. The molecule has 0 bridgehead atoms. The van der Waals surface area contributed by atoms with Gasteiger partial charge in [0.2, 0.25) is 0 Å². The summed E-state index contributed by atoms with van der Waals surface area (Å²) in [6.07, 6.45) is 5.67. The summed E-state index contributed by atoms with van der Waals surface area (Å²) in [7, 11) is 0. The number of anilines is 1. The first-order chi connectivity index (χ1) is 8.23. The first-order valence-electron chi connectivity index (χ1n) is 6.49. The summed E-state index contributed by atoms with van der Waals surface area (Å²) < 4.78 is 0. The highest BCUT2D eigenvalue weighted by Crippen LogP contribution is 2.38. The van der Waals surface area contributed by atoms with Crippen LogP contribution < -0.4 is 4.90 Å². The van der Waals surface area contributed by atoms with Gasteiger partial charge in [0.1, 0.15) is 5.82 Å². The summed E-state index contributed by atoms with van der Waals surface area (Å²) in [5.41, 5.74) is 1.65. The monoisotopic (exact) mass is 252 g/mol. The molecule has 2 heterocycles. The standard InChI is InChI=1S/C14H21ClN2/c1-3-14(4-2)6-8-17(11-14)13-9-12(10-15)5-7-16-13/h5,7,9H,3-4,6,8,10-11H2,1-2H3. The number of rotatable bonds is 4. The van der Waals surface area contributed by atoms with Crippen molar-refractivity contribution in [3.05, 3.63) is 23.9 Å². The molecule has 0 amide bonds.